The number of thiophene rings is 1. The van der Waals surface area contributed by atoms with E-state index in [1.54, 1.807) is 28.6 Å². The fraction of sp³-hybridized carbons (Fsp3) is 0.292. The molecule has 0 spiro atoms. The van der Waals surface area contributed by atoms with Crippen LogP contribution in [-0.4, -0.2) is 61.0 Å². The zero-order valence-electron chi connectivity index (χ0n) is 18.6. The molecule has 10 heteroatoms. The van der Waals surface area contributed by atoms with Crippen molar-refractivity contribution in [3.63, 3.8) is 0 Å². The summed E-state index contributed by atoms with van der Waals surface area (Å²) in [6, 6.07) is 7.96. The highest BCUT2D eigenvalue weighted by molar-refractivity contribution is 7.13. The molecule has 1 aliphatic rings. The zero-order valence-corrected chi connectivity index (χ0v) is 19.5. The lowest BCUT2D eigenvalue weighted by molar-refractivity contribution is -0.135. The van der Waals surface area contributed by atoms with Crippen LogP contribution in [0.4, 0.5) is 5.82 Å². The first-order chi connectivity index (χ1) is 16.5. The first kappa shape index (κ1) is 22.2. The molecule has 1 amide bonds. The molecule has 1 saturated heterocycles. The van der Waals surface area contributed by atoms with E-state index in [-0.39, 0.29) is 23.4 Å². The van der Waals surface area contributed by atoms with Gasteiger partial charge >= 0.3 is 0 Å². The van der Waals surface area contributed by atoms with E-state index in [1.807, 2.05) is 29.6 Å². The molecular formula is C24H24N6O3S. The van der Waals surface area contributed by atoms with Gasteiger partial charge in [0.05, 0.1) is 28.0 Å². The van der Waals surface area contributed by atoms with Gasteiger partial charge in [-0.2, -0.15) is 9.61 Å². The molecule has 3 N–H and O–H groups in total. The quantitative estimate of drug-likeness (QED) is 0.424. The number of nitrogens with two attached hydrogens (primary N) is 1. The second-order valence-electron chi connectivity index (χ2n) is 8.33. The third-order valence-electron chi connectivity index (χ3n) is 6.28. The molecule has 5 rings (SSSR count). The molecule has 1 aliphatic heterocycles. The van der Waals surface area contributed by atoms with Crippen molar-refractivity contribution in [2.75, 3.05) is 25.4 Å². The van der Waals surface area contributed by atoms with Crippen LogP contribution in [0.15, 0.2) is 42.0 Å². The van der Waals surface area contributed by atoms with Gasteiger partial charge in [0.1, 0.15) is 12.4 Å². The predicted molar refractivity (Wildman–Crippen MR) is 130 cm³/mol. The summed E-state index contributed by atoms with van der Waals surface area (Å²) in [7, 11) is 0. The molecular weight excluding hydrogens is 452 g/mol. The number of aliphatic hydroxyl groups is 1. The van der Waals surface area contributed by atoms with Crippen molar-refractivity contribution in [1.29, 1.82) is 0 Å². The lowest BCUT2D eigenvalue weighted by Gasteiger charge is -2.32. The smallest absolute Gasteiger partial charge is 0.248 e. The van der Waals surface area contributed by atoms with Crippen LogP contribution in [0.2, 0.25) is 0 Å². The molecule has 4 aromatic heterocycles. The monoisotopic (exact) mass is 476 g/mol. The van der Waals surface area contributed by atoms with Crippen molar-refractivity contribution in [1.82, 2.24) is 24.5 Å². The van der Waals surface area contributed by atoms with Gasteiger partial charge in [0.2, 0.25) is 5.91 Å². The number of fused-ring (bicyclic) bond motifs is 1. The zero-order chi connectivity index (χ0) is 23.8. The molecule has 0 radical (unpaired) electrons. The molecule has 9 nitrogen and oxygen atoms in total. The van der Waals surface area contributed by atoms with E-state index >= 15 is 0 Å². The third kappa shape index (κ3) is 3.84. The van der Waals surface area contributed by atoms with Crippen molar-refractivity contribution in [2.45, 2.75) is 25.7 Å². The van der Waals surface area contributed by atoms with E-state index in [2.05, 4.69) is 10.1 Å². The molecule has 34 heavy (non-hydrogen) atoms. The number of anilines is 1. The highest BCUT2D eigenvalue weighted by atomic mass is 32.1. The van der Waals surface area contributed by atoms with E-state index in [0.29, 0.717) is 42.8 Å². The standard InChI is InChI=1S/C24H24N6O3S/c1-14(32)21-22(15-6-8-29(9-7-15)20(33)13-31)28-24-17(12-27-30(24)23(21)25)16-4-5-18(26-11-16)19-3-2-10-34-19/h2-5,10-12,15,31H,6-9,13,25H2,1H3. The van der Waals surface area contributed by atoms with E-state index in [9.17, 15) is 9.59 Å². The highest BCUT2D eigenvalue weighted by Gasteiger charge is 2.30. The number of nitrogen functional groups attached to an aromatic ring is 1. The second kappa shape index (κ2) is 8.96. The van der Waals surface area contributed by atoms with Gasteiger partial charge in [0.25, 0.3) is 0 Å². The van der Waals surface area contributed by atoms with Gasteiger partial charge in [-0.1, -0.05) is 12.1 Å². The average Bonchev–Trinajstić information content (AvgIpc) is 3.54. The Labute approximate surface area is 199 Å². The Kier molecular flexibility index (Phi) is 5.84. The van der Waals surface area contributed by atoms with Gasteiger partial charge in [-0.3, -0.25) is 14.6 Å². The van der Waals surface area contributed by atoms with Crippen molar-refractivity contribution in [3.05, 3.63) is 53.3 Å². The average molecular weight is 477 g/mol. The van der Waals surface area contributed by atoms with Gasteiger partial charge in [0.15, 0.2) is 11.4 Å². The molecule has 174 valence electrons. The Morgan fingerprint density at radius 2 is 2.00 bits per heavy atom. The van der Waals surface area contributed by atoms with Gasteiger partial charge in [0, 0.05) is 36.3 Å². The first-order valence-electron chi connectivity index (χ1n) is 11.0. The van der Waals surface area contributed by atoms with Gasteiger partial charge in [-0.05, 0) is 37.3 Å². The number of hydrogen-bond acceptors (Lipinski definition) is 8. The SMILES string of the molecule is CC(=O)c1c(C2CCN(C(=O)CO)CC2)nc2c(-c3ccc(-c4cccs4)nc3)cnn2c1N. The molecule has 5 heterocycles. The largest absolute Gasteiger partial charge is 0.387 e. The Morgan fingerprint density at radius 3 is 2.62 bits per heavy atom. The van der Waals surface area contributed by atoms with Crippen LogP contribution in [0.3, 0.4) is 0 Å². The van der Waals surface area contributed by atoms with Crippen LogP contribution in [0.1, 0.15) is 41.7 Å². The number of likely N-dealkylation sites (tertiary alicyclic amines) is 1. The van der Waals surface area contributed by atoms with Gasteiger partial charge < -0.3 is 15.7 Å². The molecule has 1 fully saturated rings. The van der Waals surface area contributed by atoms with Crippen LogP contribution in [-0.2, 0) is 4.79 Å². The number of Topliss-reactive ketones (excluding diaryl/α,β-unsaturated/α-hetero) is 1. The summed E-state index contributed by atoms with van der Waals surface area (Å²) in [6.07, 6.45) is 4.75. The fourth-order valence-corrected chi connectivity index (χ4v) is 5.22. The minimum absolute atomic E-state index is 0.0315. The second-order valence-corrected chi connectivity index (χ2v) is 9.28. The van der Waals surface area contributed by atoms with Crippen LogP contribution in [0.5, 0.6) is 0 Å². The lowest BCUT2D eigenvalue weighted by atomic mass is 9.89. The number of carbonyl (C=O) groups excluding carboxylic acids is 2. The number of hydrogen-bond donors (Lipinski definition) is 2. The molecule has 0 atom stereocenters. The highest BCUT2D eigenvalue weighted by Crippen LogP contribution is 2.35. The summed E-state index contributed by atoms with van der Waals surface area (Å²) in [5, 5.41) is 15.6. The predicted octanol–water partition coefficient (Wildman–Crippen LogP) is 3.00. The van der Waals surface area contributed by atoms with Crippen LogP contribution < -0.4 is 5.73 Å². The minimum atomic E-state index is -0.501. The Balaban J connectivity index is 1.54. The lowest BCUT2D eigenvalue weighted by Crippen LogP contribution is -2.39. The number of amides is 1. The number of piperidine rings is 1. The maximum absolute atomic E-state index is 12.6. The van der Waals surface area contributed by atoms with Crippen molar-refractivity contribution >= 4 is 34.5 Å². The van der Waals surface area contributed by atoms with Crippen LogP contribution in [0.25, 0.3) is 27.3 Å². The summed E-state index contributed by atoms with van der Waals surface area (Å²) < 4.78 is 1.51. The fourth-order valence-electron chi connectivity index (χ4n) is 4.52. The Bertz CT molecular complexity index is 1360. The molecule has 4 aromatic rings. The molecule has 0 bridgehead atoms. The number of pyridine rings is 1. The van der Waals surface area contributed by atoms with Crippen LogP contribution in [0, 0.1) is 0 Å². The number of aromatic nitrogens is 4. The van der Waals surface area contributed by atoms with Gasteiger partial charge in [-0.15, -0.1) is 11.3 Å². The van der Waals surface area contributed by atoms with Crippen molar-refractivity contribution < 1.29 is 14.7 Å². The maximum Gasteiger partial charge on any atom is 0.248 e. The topological polar surface area (TPSA) is 127 Å². The number of aliphatic hydroxyl groups excluding tert-OH is 1. The summed E-state index contributed by atoms with van der Waals surface area (Å²) in [4.78, 5) is 36.6. The molecule has 0 unspecified atom stereocenters. The summed E-state index contributed by atoms with van der Waals surface area (Å²) in [6.45, 7) is 1.96. The van der Waals surface area contributed by atoms with E-state index in [1.165, 1.54) is 11.4 Å². The Hall–Kier alpha value is -3.63. The number of rotatable bonds is 5. The van der Waals surface area contributed by atoms with E-state index < -0.39 is 6.61 Å². The minimum Gasteiger partial charge on any atom is -0.387 e. The maximum atomic E-state index is 12.6. The summed E-state index contributed by atoms with van der Waals surface area (Å²) >= 11 is 1.63. The first-order valence-corrected chi connectivity index (χ1v) is 11.9. The summed E-state index contributed by atoms with van der Waals surface area (Å²) in [5.41, 5.74) is 10.5. The number of ketones is 1. The van der Waals surface area contributed by atoms with Gasteiger partial charge in [-0.25, -0.2) is 4.98 Å². The molecule has 0 aromatic carbocycles. The Morgan fingerprint density at radius 1 is 1.21 bits per heavy atom. The molecule has 0 aliphatic carbocycles. The van der Waals surface area contributed by atoms with Crippen molar-refractivity contribution in [2.24, 2.45) is 0 Å². The van der Waals surface area contributed by atoms with E-state index in [0.717, 1.165) is 21.7 Å². The third-order valence-corrected chi connectivity index (χ3v) is 7.17. The van der Waals surface area contributed by atoms with Crippen LogP contribution >= 0.6 is 11.3 Å². The van der Waals surface area contributed by atoms with Crippen molar-refractivity contribution in [3.8, 4) is 21.7 Å². The van der Waals surface area contributed by atoms with E-state index in [4.69, 9.17) is 15.8 Å². The normalized spacial score (nSPS) is 14.6. The number of carbonyl (C=O) groups is 2. The number of nitrogens with zero attached hydrogens (tertiary/aromatic N) is 5. The summed E-state index contributed by atoms with van der Waals surface area (Å²) in [5.74, 6) is -0.230. The molecule has 0 saturated carbocycles.